The van der Waals surface area contributed by atoms with Crippen molar-refractivity contribution in [2.45, 2.75) is 51.0 Å². The Labute approximate surface area is 110 Å². The molecule has 1 fully saturated rings. The molecule has 1 unspecified atom stereocenters. The van der Waals surface area contributed by atoms with Gasteiger partial charge in [-0.15, -0.1) is 0 Å². The molecule has 1 saturated heterocycles. The summed E-state index contributed by atoms with van der Waals surface area (Å²) in [5, 5.41) is 3.76. The van der Waals surface area contributed by atoms with Crippen LogP contribution in [0.2, 0.25) is 0 Å². The van der Waals surface area contributed by atoms with Gasteiger partial charge in [0.1, 0.15) is 5.75 Å². The number of para-hydroxylation sites is 1. The van der Waals surface area contributed by atoms with Gasteiger partial charge < -0.3 is 10.1 Å². The topological polar surface area (TPSA) is 21.3 Å². The fourth-order valence-corrected chi connectivity index (χ4v) is 3.58. The van der Waals surface area contributed by atoms with E-state index in [4.69, 9.17) is 4.74 Å². The van der Waals surface area contributed by atoms with E-state index in [0.717, 1.165) is 19.6 Å². The standard InChI is InChI=1S/C16H23NO/c1-2-9-16(10-5-11-17-16)14-8-3-6-13-7-4-12-18-15(13)14/h3,6,8,17H,2,4-5,7,9-12H2,1H3. The molecule has 0 aromatic heterocycles. The predicted molar refractivity (Wildman–Crippen MR) is 74.1 cm³/mol. The third-order valence-corrected chi connectivity index (χ3v) is 4.37. The number of rotatable bonds is 3. The molecule has 0 saturated carbocycles. The van der Waals surface area contributed by atoms with Crippen molar-refractivity contribution in [3.8, 4) is 5.75 Å². The lowest BCUT2D eigenvalue weighted by molar-refractivity contribution is 0.266. The van der Waals surface area contributed by atoms with Crippen molar-refractivity contribution >= 4 is 0 Å². The van der Waals surface area contributed by atoms with Crippen LogP contribution in [-0.4, -0.2) is 13.2 Å². The number of aryl methyl sites for hydroxylation is 1. The van der Waals surface area contributed by atoms with Crippen molar-refractivity contribution in [1.29, 1.82) is 0 Å². The molecule has 0 spiro atoms. The van der Waals surface area contributed by atoms with Gasteiger partial charge >= 0.3 is 0 Å². The molecule has 0 aliphatic carbocycles. The first-order valence-electron chi connectivity index (χ1n) is 7.36. The smallest absolute Gasteiger partial charge is 0.127 e. The molecule has 2 heteroatoms. The molecule has 2 aliphatic heterocycles. The molecule has 0 amide bonds. The second-order valence-electron chi connectivity index (χ2n) is 5.61. The van der Waals surface area contributed by atoms with Gasteiger partial charge in [0.05, 0.1) is 6.61 Å². The molecule has 1 N–H and O–H groups in total. The highest BCUT2D eigenvalue weighted by molar-refractivity contribution is 5.47. The molecule has 0 radical (unpaired) electrons. The summed E-state index contributed by atoms with van der Waals surface area (Å²) >= 11 is 0. The van der Waals surface area contributed by atoms with Crippen LogP contribution in [0.4, 0.5) is 0 Å². The first-order valence-corrected chi connectivity index (χ1v) is 7.36. The highest BCUT2D eigenvalue weighted by Gasteiger charge is 2.37. The van der Waals surface area contributed by atoms with Crippen molar-refractivity contribution in [2.75, 3.05) is 13.2 Å². The van der Waals surface area contributed by atoms with Crippen molar-refractivity contribution < 1.29 is 4.74 Å². The Bertz CT molecular complexity index is 421. The number of hydrogen-bond acceptors (Lipinski definition) is 2. The maximum atomic E-state index is 6.00. The summed E-state index contributed by atoms with van der Waals surface area (Å²) in [7, 11) is 0. The van der Waals surface area contributed by atoms with Gasteiger partial charge in [0.2, 0.25) is 0 Å². The lowest BCUT2D eigenvalue weighted by Gasteiger charge is -2.33. The largest absolute Gasteiger partial charge is 0.493 e. The fraction of sp³-hybridized carbons (Fsp3) is 0.625. The lowest BCUT2D eigenvalue weighted by atomic mass is 9.82. The zero-order valence-corrected chi connectivity index (χ0v) is 11.3. The molecule has 98 valence electrons. The van der Waals surface area contributed by atoms with Crippen LogP contribution in [0, 0.1) is 0 Å². The van der Waals surface area contributed by atoms with E-state index < -0.39 is 0 Å². The van der Waals surface area contributed by atoms with Crippen LogP contribution < -0.4 is 10.1 Å². The molecular weight excluding hydrogens is 222 g/mol. The third-order valence-electron chi connectivity index (χ3n) is 4.37. The molecule has 1 atom stereocenters. The summed E-state index contributed by atoms with van der Waals surface area (Å²) < 4.78 is 6.00. The number of fused-ring (bicyclic) bond motifs is 1. The first-order chi connectivity index (χ1) is 8.86. The molecule has 2 aliphatic rings. The van der Waals surface area contributed by atoms with E-state index in [9.17, 15) is 0 Å². The van der Waals surface area contributed by atoms with Crippen LogP contribution in [0.1, 0.15) is 50.2 Å². The van der Waals surface area contributed by atoms with Gasteiger partial charge in [0, 0.05) is 11.1 Å². The number of ether oxygens (including phenoxy) is 1. The molecule has 1 aromatic rings. The Morgan fingerprint density at radius 3 is 3.06 bits per heavy atom. The third kappa shape index (κ3) is 1.93. The Morgan fingerprint density at radius 2 is 2.28 bits per heavy atom. The summed E-state index contributed by atoms with van der Waals surface area (Å²) in [4.78, 5) is 0. The zero-order chi connectivity index (χ0) is 12.4. The number of nitrogens with one attached hydrogen (secondary N) is 1. The Morgan fingerprint density at radius 1 is 1.33 bits per heavy atom. The second-order valence-corrected chi connectivity index (χ2v) is 5.61. The van der Waals surface area contributed by atoms with Crippen molar-refractivity contribution in [2.24, 2.45) is 0 Å². The van der Waals surface area contributed by atoms with Crippen molar-refractivity contribution in [3.05, 3.63) is 29.3 Å². The van der Waals surface area contributed by atoms with E-state index >= 15 is 0 Å². The maximum absolute atomic E-state index is 6.00. The highest BCUT2D eigenvalue weighted by atomic mass is 16.5. The Balaban J connectivity index is 2.04. The normalized spacial score (nSPS) is 26.7. The minimum Gasteiger partial charge on any atom is -0.493 e. The number of hydrogen-bond donors (Lipinski definition) is 1. The fourth-order valence-electron chi connectivity index (χ4n) is 3.58. The summed E-state index contributed by atoms with van der Waals surface area (Å²) in [5.74, 6) is 1.19. The van der Waals surface area contributed by atoms with Gasteiger partial charge in [-0.05, 0) is 44.2 Å². The second kappa shape index (κ2) is 4.93. The van der Waals surface area contributed by atoms with E-state index in [1.807, 2.05) is 0 Å². The molecule has 3 rings (SSSR count). The van der Waals surface area contributed by atoms with Crippen LogP contribution in [0.3, 0.4) is 0 Å². The molecule has 1 aromatic carbocycles. The van der Waals surface area contributed by atoms with E-state index in [2.05, 4.69) is 30.4 Å². The van der Waals surface area contributed by atoms with Crippen LogP contribution in [0.25, 0.3) is 0 Å². The van der Waals surface area contributed by atoms with E-state index in [-0.39, 0.29) is 5.54 Å². The highest BCUT2D eigenvalue weighted by Crippen LogP contribution is 2.42. The first kappa shape index (κ1) is 12.0. The van der Waals surface area contributed by atoms with E-state index in [0.29, 0.717) is 0 Å². The van der Waals surface area contributed by atoms with E-state index in [1.54, 1.807) is 0 Å². The van der Waals surface area contributed by atoms with Gasteiger partial charge in [-0.2, -0.15) is 0 Å². The Kier molecular flexibility index (Phi) is 3.29. The summed E-state index contributed by atoms with van der Waals surface area (Å²) in [6.45, 7) is 4.30. The molecule has 0 bridgehead atoms. The van der Waals surface area contributed by atoms with Gasteiger partial charge in [-0.1, -0.05) is 31.5 Å². The lowest BCUT2D eigenvalue weighted by Crippen LogP contribution is -2.37. The molecule has 18 heavy (non-hydrogen) atoms. The minimum atomic E-state index is 0.178. The van der Waals surface area contributed by atoms with E-state index in [1.165, 1.54) is 49.0 Å². The van der Waals surface area contributed by atoms with Gasteiger partial charge in [-0.3, -0.25) is 0 Å². The van der Waals surface area contributed by atoms with Gasteiger partial charge in [0.15, 0.2) is 0 Å². The van der Waals surface area contributed by atoms with Crippen LogP contribution in [-0.2, 0) is 12.0 Å². The summed E-state index contributed by atoms with van der Waals surface area (Å²) in [5.41, 5.74) is 3.00. The monoisotopic (exact) mass is 245 g/mol. The molecular formula is C16H23NO. The van der Waals surface area contributed by atoms with Crippen molar-refractivity contribution in [1.82, 2.24) is 5.32 Å². The summed E-state index contributed by atoms with van der Waals surface area (Å²) in [6, 6.07) is 6.71. The maximum Gasteiger partial charge on any atom is 0.127 e. The SMILES string of the molecule is CCCC1(c2cccc3c2OCCC3)CCCN1. The van der Waals surface area contributed by atoms with Crippen LogP contribution in [0.15, 0.2) is 18.2 Å². The molecule has 2 nitrogen and oxygen atoms in total. The average Bonchev–Trinajstić information content (AvgIpc) is 2.88. The van der Waals surface area contributed by atoms with Gasteiger partial charge in [-0.25, -0.2) is 0 Å². The number of benzene rings is 1. The zero-order valence-electron chi connectivity index (χ0n) is 11.3. The van der Waals surface area contributed by atoms with Crippen LogP contribution in [0.5, 0.6) is 5.75 Å². The van der Waals surface area contributed by atoms with Crippen molar-refractivity contribution in [3.63, 3.8) is 0 Å². The predicted octanol–water partition coefficient (Wildman–Crippen LogP) is 3.39. The molecule has 2 heterocycles. The van der Waals surface area contributed by atoms with Gasteiger partial charge in [0.25, 0.3) is 0 Å². The Hall–Kier alpha value is -1.02. The minimum absolute atomic E-state index is 0.178. The van der Waals surface area contributed by atoms with Crippen LogP contribution >= 0.6 is 0 Å². The summed E-state index contributed by atoms with van der Waals surface area (Å²) in [6.07, 6.45) is 7.30. The average molecular weight is 245 g/mol. The quantitative estimate of drug-likeness (QED) is 0.881.